The van der Waals surface area contributed by atoms with E-state index in [9.17, 15) is 14.5 Å². The largest absolute Gasteiger partial charge is 0.503 e. The van der Waals surface area contributed by atoms with Crippen molar-refractivity contribution in [3.8, 4) is 11.5 Å². The number of benzene rings is 2. The molecule has 11 heteroatoms. The molecule has 1 aliphatic heterocycles. The van der Waals surface area contributed by atoms with Gasteiger partial charge in [0, 0.05) is 24.5 Å². The first-order valence-electron chi connectivity index (χ1n) is 16.7. The van der Waals surface area contributed by atoms with E-state index < -0.39 is 7.14 Å². The molecule has 10 nitrogen and oxygen atoms in total. The summed E-state index contributed by atoms with van der Waals surface area (Å²) in [7, 11) is 1.44. The van der Waals surface area contributed by atoms with Crippen molar-refractivity contribution in [2.45, 2.75) is 60.3 Å². The Kier molecular flexibility index (Phi) is 16.6. The lowest BCUT2D eigenvalue weighted by atomic mass is 9.98. The maximum Gasteiger partial charge on any atom is 0.247 e. The van der Waals surface area contributed by atoms with Gasteiger partial charge in [-0.05, 0) is 109 Å². The van der Waals surface area contributed by atoms with Crippen LogP contribution >= 0.6 is 7.14 Å². The molecule has 1 fully saturated rings. The van der Waals surface area contributed by atoms with Crippen LogP contribution in [-0.4, -0.2) is 79.5 Å². The van der Waals surface area contributed by atoms with E-state index in [-0.39, 0.29) is 11.7 Å². The van der Waals surface area contributed by atoms with Crippen molar-refractivity contribution in [3.05, 3.63) is 66.6 Å². The number of rotatable bonds is 11. The molecule has 1 aromatic heterocycles. The minimum atomic E-state index is -2.41. The fourth-order valence-corrected chi connectivity index (χ4v) is 6.46. The van der Waals surface area contributed by atoms with Crippen molar-refractivity contribution in [3.63, 3.8) is 0 Å². The lowest BCUT2D eigenvalue weighted by Gasteiger charge is -2.33. The summed E-state index contributed by atoms with van der Waals surface area (Å²) >= 11 is 0. The molecule has 1 amide bonds. The van der Waals surface area contributed by atoms with Gasteiger partial charge in [-0.15, -0.1) is 0 Å². The lowest BCUT2D eigenvalue weighted by molar-refractivity contribution is -0.111. The standard InChI is InChI=1S/C17H24N2O2.C13H16N3O2P.C7H17N/c1-5-17(20)18-14-10-13(3)16(21-4)11-15(14)19-8-6-12(2)7-9-19;1-9-14-8-11(17)13(15-9)16-10-6-4-5-7-12(10)19(2,3)18;1-4-6-8(3)7-5-2/h5,10-12H,1,6-9H2,2-4H3,(H,18,20);4-8,17H,1-3H3,(H,14,15,16);4-7H2,1-3H3. The van der Waals surface area contributed by atoms with Gasteiger partial charge in [0.05, 0.1) is 30.4 Å². The number of aromatic nitrogens is 2. The highest BCUT2D eigenvalue weighted by molar-refractivity contribution is 7.70. The molecule has 1 aliphatic rings. The monoisotopic (exact) mass is 680 g/mol. The van der Waals surface area contributed by atoms with E-state index in [1.54, 1.807) is 27.4 Å². The summed E-state index contributed by atoms with van der Waals surface area (Å²) in [5, 5.41) is 16.4. The normalized spacial score (nSPS) is 13.1. The van der Waals surface area contributed by atoms with Gasteiger partial charge in [-0.25, -0.2) is 9.97 Å². The molecule has 0 spiro atoms. The Morgan fingerprint density at radius 3 is 2.31 bits per heavy atom. The molecule has 0 saturated carbocycles. The quantitative estimate of drug-likeness (QED) is 0.139. The van der Waals surface area contributed by atoms with E-state index >= 15 is 0 Å². The van der Waals surface area contributed by atoms with Crippen LogP contribution in [0.3, 0.4) is 0 Å². The van der Waals surface area contributed by atoms with E-state index in [4.69, 9.17) is 4.74 Å². The van der Waals surface area contributed by atoms with Crippen LogP contribution in [0.25, 0.3) is 0 Å². The number of hydrogen-bond donors (Lipinski definition) is 3. The summed E-state index contributed by atoms with van der Waals surface area (Å²) in [6, 6.07) is 11.3. The first kappa shape index (κ1) is 40.3. The Hall–Kier alpha value is -3.88. The number of nitrogens with one attached hydrogen (secondary N) is 2. The lowest BCUT2D eigenvalue weighted by Crippen LogP contribution is -2.33. The number of nitrogens with zero attached hydrogens (tertiary/aromatic N) is 4. The zero-order valence-corrected chi connectivity index (χ0v) is 31.4. The van der Waals surface area contributed by atoms with Crippen molar-refractivity contribution < 1.29 is 19.2 Å². The highest BCUT2D eigenvalue weighted by Crippen LogP contribution is 2.39. The van der Waals surface area contributed by atoms with Gasteiger partial charge in [0.2, 0.25) is 5.91 Å². The molecule has 3 N–H and O–H groups in total. The van der Waals surface area contributed by atoms with Gasteiger partial charge in [-0.2, -0.15) is 0 Å². The third-order valence-electron chi connectivity index (χ3n) is 7.92. The van der Waals surface area contributed by atoms with E-state index in [2.05, 4.69) is 64.8 Å². The number of aryl methyl sites for hydroxylation is 2. The number of piperidine rings is 1. The fourth-order valence-electron chi connectivity index (χ4n) is 5.30. The second kappa shape index (κ2) is 19.8. The number of aromatic hydroxyl groups is 1. The maximum atomic E-state index is 12.2. The molecule has 3 aromatic rings. The minimum Gasteiger partial charge on any atom is -0.503 e. The van der Waals surface area contributed by atoms with Gasteiger partial charge in [0.25, 0.3) is 0 Å². The molecule has 0 radical (unpaired) electrons. The summed E-state index contributed by atoms with van der Waals surface area (Å²) < 4.78 is 17.7. The SMILES string of the molecule is C=CC(=O)Nc1cc(C)c(OC)cc1N1CCC(C)CC1.CCCN(C)CCC.Cc1ncc(O)c(Nc2ccccc2P(C)(C)=O)n1. The van der Waals surface area contributed by atoms with Gasteiger partial charge in [-0.3, -0.25) is 4.79 Å². The number of anilines is 4. The first-order valence-corrected chi connectivity index (χ1v) is 19.3. The van der Waals surface area contributed by atoms with Crippen LogP contribution in [-0.2, 0) is 9.36 Å². The molecular formula is C37H57N6O4P. The Morgan fingerprint density at radius 1 is 1.12 bits per heavy atom. The molecule has 4 rings (SSSR count). The topological polar surface area (TPSA) is 120 Å². The van der Waals surface area contributed by atoms with Crippen LogP contribution in [0.4, 0.5) is 22.9 Å². The highest BCUT2D eigenvalue weighted by Gasteiger charge is 2.21. The van der Waals surface area contributed by atoms with Crippen LogP contribution in [0.1, 0.15) is 57.8 Å². The molecule has 0 atom stereocenters. The summed E-state index contributed by atoms with van der Waals surface area (Å²) in [4.78, 5) is 24.4. The molecule has 264 valence electrons. The smallest absolute Gasteiger partial charge is 0.247 e. The fraction of sp³-hybridized carbons (Fsp3) is 0.486. The zero-order chi connectivity index (χ0) is 35.9. The Morgan fingerprint density at radius 2 is 1.75 bits per heavy atom. The second-order valence-corrected chi connectivity index (χ2v) is 15.8. The van der Waals surface area contributed by atoms with Gasteiger partial charge >= 0.3 is 0 Å². The second-order valence-electron chi connectivity index (χ2n) is 12.6. The number of methoxy groups -OCH3 is 1. The summed E-state index contributed by atoms with van der Waals surface area (Å²) in [5.74, 6) is 2.25. The van der Waals surface area contributed by atoms with Gasteiger partial charge < -0.3 is 34.8 Å². The van der Waals surface area contributed by atoms with Crippen molar-refractivity contribution in [1.29, 1.82) is 0 Å². The summed E-state index contributed by atoms with van der Waals surface area (Å²) in [6.45, 7) is 21.9. The molecule has 0 aliphatic carbocycles. The molecule has 0 unspecified atom stereocenters. The van der Waals surface area contributed by atoms with Crippen molar-refractivity contribution >= 4 is 41.2 Å². The van der Waals surface area contributed by atoms with Crippen LogP contribution < -0.4 is 25.6 Å². The predicted octanol–water partition coefficient (Wildman–Crippen LogP) is 7.58. The number of amides is 1. The molecular weight excluding hydrogens is 623 g/mol. The van der Waals surface area contributed by atoms with Crippen molar-refractivity contribution in [1.82, 2.24) is 14.9 Å². The molecule has 2 heterocycles. The molecule has 1 saturated heterocycles. The van der Waals surface area contributed by atoms with Crippen LogP contribution in [0.2, 0.25) is 0 Å². The number of carbonyl (C=O) groups excluding carboxylic acids is 1. The van der Waals surface area contributed by atoms with E-state index in [0.29, 0.717) is 17.3 Å². The van der Waals surface area contributed by atoms with Gasteiger partial charge in [0.15, 0.2) is 11.6 Å². The Labute approximate surface area is 288 Å². The average Bonchev–Trinajstić information content (AvgIpc) is 3.04. The zero-order valence-electron chi connectivity index (χ0n) is 30.5. The Bertz CT molecular complexity index is 1510. The number of hydrogen-bond acceptors (Lipinski definition) is 9. The highest BCUT2D eigenvalue weighted by atomic mass is 31.2. The summed E-state index contributed by atoms with van der Waals surface area (Å²) in [5.41, 5.74) is 3.54. The van der Waals surface area contributed by atoms with Crippen LogP contribution in [0, 0.1) is 19.8 Å². The number of para-hydroxylation sites is 1. The Balaban J connectivity index is 0.000000274. The number of ether oxygens (including phenoxy) is 1. The van der Waals surface area contributed by atoms with Crippen molar-refractivity contribution in [2.75, 3.05) is 69.2 Å². The van der Waals surface area contributed by atoms with E-state index in [0.717, 1.165) is 47.0 Å². The van der Waals surface area contributed by atoms with Crippen LogP contribution in [0.15, 0.2) is 55.3 Å². The first-order chi connectivity index (χ1) is 22.7. The molecule has 2 aromatic carbocycles. The minimum absolute atomic E-state index is 0.0394. The third-order valence-corrected chi connectivity index (χ3v) is 9.47. The average molecular weight is 681 g/mol. The van der Waals surface area contributed by atoms with E-state index in [1.165, 1.54) is 51.0 Å². The van der Waals surface area contributed by atoms with Crippen molar-refractivity contribution in [2.24, 2.45) is 5.92 Å². The van der Waals surface area contributed by atoms with Gasteiger partial charge in [0.1, 0.15) is 18.7 Å². The van der Waals surface area contributed by atoms with E-state index in [1.807, 2.05) is 43.3 Å². The predicted molar refractivity (Wildman–Crippen MR) is 202 cm³/mol. The van der Waals surface area contributed by atoms with Crippen LogP contribution in [0.5, 0.6) is 11.5 Å². The third kappa shape index (κ3) is 13.0. The number of carbonyl (C=O) groups is 1. The molecule has 0 bridgehead atoms. The summed E-state index contributed by atoms with van der Waals surface area (Å²) in [6.07, 6.45) is 7.52. The molecule has 48 heavy (non-hydrogen) atoms. The van der Waals surface area contributed by atoms with Gasteiger partial charge in [-0.1, -0.05) is 39.5 Å². The maximum absolute atomic E-state index is 12.2.